The molecule has 0 saturated heterocycles. The van der Waals surface area contributed by atoms with Crippen LogP contribution in [0.3, 0.4) is 0 Å². The zero-order chi connectivity index (χ0) is 7.40. The zero-order valence-corrected chi connectivity index (χ0v) is 6.00. The minimum Gasteiger partial charge on any atom is -0.468 e. The Bertz CT molecular complexity index is 168. The summed E-state index contributed by atoms with van der Waals surface area (Å²) in [7, 11) is 0. The van der Waals surface area contributed by atoms with E-state index in [1.807, 2.05) is 19.1 Å². The van der Waals surface area contributed by atoms with Gasteiger partial charge in [0.05, 0.1) is 12.3 Å². The minimum absolute atomic E-state index is 0.148. The Kier molecular flexibility index (Phi) is 2.48. The van der Waals surface area contributed by atoms with E-state index >= 15 is 0 Å². The molecule has 0 saturated carbocycles. The van der Waals surface area contributed by atoms with E-state index in [9.17, 15) is 0 Å². The van der Waals surface area contributed by atoms with Crippen molar-refractivity contribution < 1.29 is 4.42 Å². The largest absolute Gasteiger partial charge is 0.468 e. The van der Waals surface area contributed by atoms with E-state index in [1.54, 1.807) is 6.26 Å². The van der Waals surface area contributed by atoms with Crippen molar-refractivity contribution in [1.82, 2.24) is 5.43 Å². The van der Waals surface area contributed by atoms with E-state index in [0.29, 0.717) is 0 Å². The van der Waals surface area contributed by atoms with Crippen LogP contribution in [0.15, 0.2) is 22.8 Å². The molecule has 56 valence electrons. The Morgan fingerprint density at radius 1 is 1.80 bits per heavy atom. The third-order valence-electron chi connectivity index (χ3n) is 1.50. The van der Waals surface area contributed by atoms with E-state index in [1.165, 1.54) is 0 Å². The van der Waals surface area contributed by atoms with Gasteiger partial charge in [-0.25, -0.2) is 5.43 Å². The second-order valence-electron chi connectivity index (χ2n) is 2.14. The number of nitrogens with one attached hydrogen (secondary N) is 1. The maximum atomic E-state index is 5.26. The lowest BCUT2D eigenvalue weighted by Gasteiger charge is -2.08. The average molecular weight is 140 g/mol. The molecule has 1 rings (SSSR count). The molecule has 3 N–H and O–H groups in total. The van der Waals surface area contributed by atoms with Crippen molar-refractivity contribution in [1.29, 1.82) is 0 Å². The summed E-state index contributed by atoms with van der Waals surface area (Å²) in [6, 6.07) is 3.92. The third-order valence-corrected chi connectivity index (χ3v) is 1.50. The summed E-state index contributed by atoms with van der Waals surface area (Å²) in [4.78, 5) is 0. The molecular formula is C7H12N2O. The summed E-state index contributed by atoms with van der Waals surface area (Å²) in [5.74, 6) is 6.16. The van der Waals surface area contributed by atoms with Gasteiger partial charge in [-0.3, -0.25) is 5.84 Å². The number of rotatable bonds is 3. The molecule has 0 fully saturated rings. The number of hydrogen-bond donors (Lipinski definition) is 2. The maximum Gasteiger partial charge on any atom is 0.122 e. The highest BCUT2D eigenvalue weighted by Gasteiger charge is 2.07. The van der Waals surface area contributed by atoms with Gasteiger partial charge in [0.1, 0.15) is 5.76 Å². The smallest absolute Gasteiger partial charge is 0.122 e. The third kappa shape index (κ3) is 1.37. The molecule has 1 heterocycles. The molecule has 0 aliphatic heterocycles. The quantitative estimate of drug-likeness (QED) is 0.490. The summed E-state index contributed by atoms with van der Waals surface area (Å²) < 4.78 is 5.13. The van der Waals surface area contributed by atoms with Crippen LogP contribution in [0, 0.1) is 0 Å². The highest BCUT2D eigenvalue weighted by molar-refractivity contribution is 5.03. The maximum absolute atomic E-state index is 5.26. The molecule has 1 atom stereocenters. The normalized spacial score (nSPS) is 13.4. The monoisotopic (exact) mass is 140 g/mol. The van der Waals surface area contributed by atoms with E-state index in [4.69, 9.17) is 10.3 Å². The lowest BCUT2D eigenvalue weighted by Crippen LogP contribution is -2.26. The lowest BCUT2D eigenvalue weighted by molar-refractivity contribution is 0.410. The van der Waals surface area contributed by atoms with Crippen LogP contribution in [0.4, 0.5) is 0 Å². The van der Waals surface area contributed by atoms with Gasteiger partial charge in [0.15, 0.2) is 0 Å². The van der Waals surface area contributed by atoms with Crippen LogP contribution in [0.2, 0.25) is 0 Å². The molecule has 0 aromatic carbocycles. The van der Waals surface area contributed by atoms with Crippen molar-refractivity contribution in [3.63, 3.8) is 0 Å². The van der Waals surface area contributed by atoms with Crippen LogP contribution in [0.5, 0.6) is 0 Å². The molecule has 1 aromatic rings. The lowest BCUT2D eigenvalue weighted by atomic mass is 10.2. The summed E-state index contributed by atoms with van der Waals surface area (Å²) in [5.41, 5.74) is 2.66. The Balaban J connectivity index is 2.64. The molecule has 0 spiro atoms. The first-order valence-electron chi connectivity index (χ1n) is 3.38. The topological polar surface area (TPSA) is 51.2 Å². The van der Waals surface area contributed by atoms with E-state index in [2.05, 4.69) is 5.43 Å². The first kappa shape index (κ1) is 7.31. The van der Waals surface area contributed by atoms with Crippen molar-refractivity contribution in [2.75, 3.05) is 0 Å². The molecule has 3 heteroatoms. The summed E-state index contributed by atoms with van der Waals surface area (Å²) in [5, 5.41) is 0. The van der Waals surface area contributed by atoms with Crippen molar-refractivity contribution in [3.05, 3.63) is 24.2 Å². The first-order valence-corrected chi connectivity index (χ1v) is 3.38. The van der Waals surface area contributed by atoms with Gasteiger partial charge < -0.3 is 4.42 Å². The van der Waals surface area contributed by atoms with Gasteiger partial charge >= 0.3 is 0 Å². The molecule has 3 nitrogen and oxygen atoms in total. The van der Waals surface area contributed by atoms with Gasteiger partial charge in [-0.1, -0.05) is 6.92 Å². The fraction of sp³-hybridized carbons (Fsp3) is 0.429. The minimum atomic E-state index is 0.148. The Morgan fingerprint density at radius 2 is 2.60 bits per heavy atom. The van der Waals surface area contributed by atoms with Gasteiger partial charge in [-0.15, -0.1) is 0 Å². The van der Waals surface area contributed by atoms with Gasteiger partial charge in [0, 0.05) is 0 Å². The second kappa shape index (κ2) is 3.39. The fourth-order valence-corrected chi connectivity index (χ4v) is 0.891. The van der Waals surface area contributed by atoms with Crippen molar-refractivity contribution in [2.45, 2.75) is 19.4 Å². The molecule has 10 heavy (non-hydrogen) atoms. The molecule has 1 aromatic heterocycles. The van der Waals surface area contributed by atoms with Crippen LogP contribution in [0.1, 0.15) is 25.1 Å². The number of furan rings is 1. The molecule has 0 aliphatic carbocycles. The van der Waals surface area contributed by atoms with Crippen LogP contribution in [-0.2, 0) is 0 Å². The average Bonchev–Trinajstić information content (AvgIpc) is 2.43. The summed E-state index contributed by atoms with van der Waals surface area (Å²) in [6.07, 6.45) is 2.58. The molecule has 0 amide bonds. The number of hydrogen-bond acceptors (Lipinski definition) is 3. The van der Waals surface area contributed by atoms with Gasteiger partial charge in [0.25, 0.3) is 0 Å². The van der Waals surface area contributed by atoms with E-state index in [-0.39, 0.29) is 6.04 Å². The standard InChI is InChI=1S/C7H12N2O/c1-2-6(9-8)7-4-3-5-10-7/h3-6,9H,2,8H2,1H3/t6-/m0/s1. The van der Waals surface area contributed by atoms with Crippen molar-refractivity contribution in [3.8, 4) is 0 Å². The Hall–Kier alpha value is -0.800. The van der Waals surface area contributed by atoms with Crippen molar-refractivity contribution >= 4 is 0 Å². The van der Waals surface area contributed by atoms with E-state index in [0.717, 1.165) is 12.2 Å². The second-order valence-corrected chi connectivity index (χ2v) is 2.14. The van der Waals surface area contributed by atoms with Gasteiger partial charge in [-0.05, 0) is 18.6 Å². The predicted octanol–water partition coefficient (Wildman–Crippen LogP) is 1.19. The van der Waals surface area contributed by atoms with Crippen LogP contribution < -0.4 is 11.3 Å². The van der Waals surface area contributed by atoms with Crippen molar-refractivity contribution in [2.24, 2.45) is 5.84 Å². The zero-order valence-electron chi connectivity index (χ0n) is 6.00. The first-order chi connectivity index (χ1) is 4.88. The molecule has 0 aliphatic rings. The molecular weight excluding hydrogens is 128 g/mol. The SMILES string of the molecule is CC[C@H](NN)c1ccco1. The molecule has 0 unspecified atom stereocenters. The Labute approximate surface area is 60.2 Å². The van der Waals surface area contributed by atoms with Gasteiger partial charge in [0.2, 0.25) is 0 Å². The summed E-state index contributed by atoms with van der Waals surface area (Å²) in [6.45, 7) is 2.05. The molecule has 0 radical (unpaired) electrons. The van der Waals surface area contributed by atoms with Crippen LogP contribution in [-0.4, -0.2) is 0 Å². The van der Waals surface area contributed by atoms with E-state index < -0.39 is 0 Å². The highest BCUT2D eigenvalue weighted by atomic mass is 16.3. The predicted molar refractivity (Wildman–Crippen MR) is 39.1 cm³/mol. The Morgan fingerprint density at radius 3 is 3.00 bits per heavy atom. The van der Waals surface area contributed by atoms with Gasteiger partial charge in [-0.2, -0.15) is 0 Å². The van der Waals surface area contributed by atoms with Crippen LogP contribution in [0.25, 0.3) is 0 Å². The fourth-order valence-electron chi connectivity index (χ4n) is 0.891. The van der Waals surface area contributed by atoms with Crippen LogP contribution >= 0.6 is 0 Å². The molecule has 0 bridgehead atoms. The summed E-state index contributed by atoms with van der Waals surface area (Å²) >= 11 is 0. The highest BCUT2D eigenvalue weighted by Crippen LogP contribution is 2.14. The number of nitrogens with two attached hydrogens (primary N) is 1. The number of hydrazine groups is 1.